The van der Waals surface area contributed by atoms with E-state index < -0.39 is 38.7 Å². The minimum absolute atomic E-state index is 0.642. The molecule has 0 saturated carbocycles. The van der Waals surface area contributed by atoms with Crippen molar-refractivity contribution < 1.29 is 25.5 Å². The van der Waals surface area contributed by atoms with E-state index in [1.807, 2.05) is 19.6 Å². The molecule has 86 valence electrons. The zero-order valence-corrected chi connectivity index (χ0v) is 9.75. The molecule has 5 nitrogen and oxygen atoms in total. The van der Waals surface area contributed by atoms with Gasteiger partial charge in [-0.3, -0.25) is 0 Å². The topological polar surface area (TPSA) is 101 Å². The van der Waals surface area contributed by atoms with Crippen molar-refractivity contribution in [3.05, 3.63) is 0 Å². The highest BCUT2D eigenvalue weighted by Crippen LogP contribution is 2.15. The van der Waals surface area contributed by atoms with E-state index in [1.54, 1.807) is 0 Å². The van der Waals surface area contributed by atoms with E-state index in [0.29, 0.717) is 0 Å². The molecule has 6 heteroatoms. The zero-order valence-electron chi connectivity index (χ0n) is 8.75. The van der Waals surface area contributed by atoms with Crippen LogP contribution in [0.5, 0.6) is 0 Å². The first-order valence-corrected chi connectivity index (χ1v) is 8.12. The van der Waals surface area contributed by atoms with Crippen molar-refractivity contribution in [3.8, 4) is 0 Å². The van der Waals surface area contributed by atoms with E-state index >= 15 is 0 Å². The highest BCUT2D eigenvalue weighted by Gasteiger charge is 2.37. The van der Waals surface area contributed by atoms with Crippen molar-refractivity contribution in [2.24, 2.45) is 0 Å². The lowest BCUT2D eigenvalue weighted by atomic mass is 10.1. The van der Waals surface area contributed by atoms with Crippen molar-refractivity contribution in [1.29, 1.82) is 0 Å². The van der Waals surface area contributed by atoms with E-state index in [9.17, 15) is 15.3 Å². The van der Waals surface area contributed by atoms with E-state index in [1.165, 1.54) is 0 Å². The summed E-state index contributed by atoms with van der Waals surface area (Å²) in [6, 6.07) is 0. The van der Waals surface area contributed by atoms with Gasteiger partial charge in [0.2, 0.25) is 0 Å². The SMILES string of the molecule is C[Si](C)(C)C(O)[C@H](O)[C@H](O)[C@H](O)CO. The molecule has 0 aromatic heterocycles. The van der Waals surface area contributed by atoms with Crippen LogP contribution in [-0.4, -0.2) is 64.3 Å². The van der Waals surface area contributed by atoms with E-state index in [-0.39, 0.29) is 0 Å². The van der Waals surface area contributed by atoms with Gasteiger partial charge in [-0.05, 0) is 0 Å². The molecule has 1 unspecified atom stereocenters. The second-order valence-electron chi connectivity index (χ2n) is 4.54. The molecule has 14 heavy (non-hydrogen) atoms. The Labute approximate surface area is 84.6 Å². The molecule has 0 aromatic carbocycles. The second kappa shape index (κ2) is 5.20. The third-order valence-corrected chi connectivity index (χ3v) is 4.26. The van der Waals surface area contributed by atoms with Gasteiger partial charge in [0.25, 0.3) is 0 Å². The number of rotatable bonds is 5. The highest BCUT2D eigenvalue weighted by molar-refractivity contribution is 6.77. The van der Waals surface area contributed by atoms with Gasteiger partial charge in [-0.2, -0.15) is 0 Å². The fourth-order valence-corrected chi connectivity index (χ4v) is 2.26. The molecule has 4 atom stereocenters. The van der Waals surface area contributed by atoms with Crippen molar-refractivity contribution in [1.82, 2.24) is 0 Å². The fourth-order valence-electron chi connectivity index (χ4n) is 1.03. The smallest absolute Gasteiger partial charge is 0.110 e. The molecule has 0 spiro atoms. The lowest BCUT2D eigenvalue weighted by Crippen LogP contribution is -2.54. The summed E-state index contributed by atoms with van der Waals surface area (Å²) in [6.07, 6.45) is -4.35. The van der Waals surface area contributed by atoms with Crippen LogP contribution in [0.4, 0.5) is 0 Å². The summed E-state index contributed by atoms with van der Waals surface area (Å²) in [5.41, 5.74) is -1.03. The molecule has 0 radical (unpaired) electrons. The first-order valence-electron chi connectivity index (χ1n) is 4.55. The van der Waals surface area contributed by atoms with Gasteiger partial charge in [0.05, 0.1) is 20.4 Å². The summed E-state index contributed by atoms with van der Waals surface area (Å²) in [6.45, 7) is 4.85. The Hall–Kier alpha value is 0.0169. The van der Waals surface area contributed by atoms with Crippen LogP contribution in [0.25, 0.3) is 0 Å². The molecule has 0 aliphatic heterocycles. The minimum Gasteiger partial charge on any atom is -0.394 e. The summed E-state index contributed by atoms with van der Waals surface area (Å²) < 4.78 is 0. The molecular formula is C8H20O5Si. The molecule has 0 rings (SSSR count). The van der Waals surface area contributed by atoms with Crippen molar-refractivity contribution in [3.63, 3.8) is 0 Å². The summed E-state index contributed by atoms with van der Waals surface area (Å²) in [7, 11) is -1.99. The molecule has 0 saturated heterocycles. The summed E-state index contributed by atoms with van der Waals surface area (Å²) in [5.74, 6) is 0. The molecule has 0 fully saturated rings. The Morgan fingerprint density at radius 1 is 0.929 bits per heavy atom. The lowest BCUT2D eigenvalue weighted by Gasteiger charge is -2.32. The van der Waals surface area contributed by atoms with Gasteiger partial charge in [0.1, 0.15) is 18.3 Å². The Morgan fingerprint density at radius 2 is 1.36 bits per heavy atom. The van der Waals surface area contributed by atoms with Crippen LogP contribution in [-0.2, 0) is 0 Å². The Morgan fingerprint density at radius 3 is 1.64 bits per heavy atom. The molecular weight excluding hydrogens is 204 g/mol. The molecule has 0 aliphatic rings. The van der Waals surface area contributed by atoms with Crippen LogP contribution in [0, 0.1) is 0 Å². The number of aliphatic hydroxyl groups excluding tert-OH is 5. The van der Waals surface area contributed by atoms with Gasteiger partial charge in [-0.1, -0.05) is 19.6 Å². The predicted molar refractivity (Wildman–Crippen MR) is 54.5 cm³/mol. The third kappa shape index (κ3) is 3.64. The van der Waals surface area contributed by atoms with Gasteiger partial charge in [0, 0.05) is 0 Å². The molecule has 0 aliphatic carbocycles. The van der Waals surface area contributed by atoms with Crippen LogP contribution in [0.1, 0.15) is 0 Å². The van der Waals surface area contributed by atoms with Crippen LogP contribution < -0.4 is 0 Å². The van der Waals surface area contributed by atoms with E-state index in [0.717, 1.165) is 0 Å². The largest absolute Gasteiger partial charge is 0.394 e. The van der Waals surface area contributed by atoms with E-state index in [2.05, 4.69) is 0 Å². The molecule has 0 amide bonds. The third-order valence-electron chi connectivity index (χ3n) is 2.14. The number of aliphatic hydroxyl groups is 5. The Balaban J connectivity index is 4.38. The van der Waals surface area contributed by atoms with Crippen molar-refractivity contribution in [2.45, 2.75) is 43.7 Å². The van der Waals surface area contributed by atoms with Crippen molar-refractivity contribution in [2.75, 3.05) is 6.61 Å². The summed E-state index contributed by atoms with van der Waals surface area (Å²) >= 11 is 0. The van der Waals surface area contributed by atoms with Crippen LogP contribution in [0.2, 0.25) is 19.6 Å². The summed E-state index contributed by atoms with van der Waals surface area (Å²) in [4.78, 5) is 0. The normalized spacial score (nSPS) is 21.4. The summed E-state index contributed by atoms with van der Waals surface area (Å²) in [5, 5.41) is 46.0. The number of hydrogen-bond donors (Lipinski definition) is 5. The Bertz CT molecular complexity index is 170. The monoisotopic (exact) mass is 224 g/mol. The fraction of sp³-hybridized carbons (Fsp3) is 1.00. The second-order valence-corrected chi connectivity index (χ2v) is 9.87. The first kappa shape index (κ1) is 14.0. The Kier molecular flexibility index (Phi) is 5.20. The maximum atomic E-state index is 9.63. The number of hydrogen-bond acceptors (Lipinski definition) is 5. The van der Waals surface area contributed by atoms with Gasteiger partial charge in [-0.25, -0.2) is 0 Å². The highest BCUT2D eigenvalue weighted by atomic mass is 28.3. The molecule has 0 aromatic rings. The van der Waals surface area contributed by atoms with E-state index in [4.69, 9.17) is 10.2 Å². The lowest BCUT2D eigenvalue weighted by molar-refractivity contribution is -0.100. The maximum Gasteiger partial charge on any atom is 0.110 e. The maximum absolute atomic E-state index is 9.63. The first-order chi connectivity index (χ1) is 6.21. The van der Waals surface area contributed by atoms with Crippen LogP contribution >= 0.6 is 0 Å². The average Bonchev–Trinajstić information content (AvgIpc) is 2.11. The zero-order chi connectivity index (χ0) is 11.5. The van der Waals surface area contributed by atoms with Crippen LogP contribution in [0.15, 0.2) is 0 Å². The van der Waals surface area contributed by atoms with Gasteiger partial charge in [0.15, 0.2) is 0 Å². The van der Waals surface area contributed by atoms with Gasteiger partial charge < -0.3 is 25.5 Å². The minimum atomic E-state index is -1.99. The quantitative estimate of drug-likeness (QED) is 0.358. The van der Waals surface area contributed by atoms with Crippen molar-refractivity contribution >= 4 is 8.07 Å². The van der Waals surface area contributed by atoms with Crippen LogP contribution in [0.3, 0.4) is 0 Å². The van der Waals surface area contributed by atoms with Gasteiger partial charge >= 0.3 is 0 Å². The average molecular weight is 224 g/mol. The molecule has 5 N–H and O–H groups in total. The van der Waals surface area contributed by atoms with Gasteiger partial charge in [-0.15, -0.1) is 0 Å². The molecule has 0 bridgehead atoms. The standard InChI is InChI=1S/C8H20O5Si/c1-14(2,3)8(13)7(12)6(11)5(10)4-9/h5-13H,4H2,1-3H3/t5-,6-,7-,8?/m1/s1. The molecule has 0 heterocycles. The predicted octanol–water partition coefficient (Wildman–Crippen LogP) is -1.70.